The van der Waals surface area contributed by atoms with E-state index in [1.807, 2.05) is 25.1 Å². The molecule has 2 aromatic rings. The van der Waals surface area contributed by atoms with E-state index in [-0.39, 0.29) is 0 Å². The van der Waals surface area contributed by atoms with Gasteiger partial charge < -0.3 is 4.90 Å². The highest BCUT2D eigenvalue weighted by Crippen LogP contribution is 2.02. The number of aromatic nitrogens is 1. The van der Waals surface area contributed by atoms with Crippen LogP contribution in [0.25, 0.3) is 0 Å². The zero-order valence-electron chi connectivity index (χ0n) is 12.0. The van der Waals surface area contributed by atoms with E-state index in [4.69, 9.17) is 0 Å². The minimum Gasteiger partial charge on any atom is -0.305 e. The Hall–Kier alpha value is -2.40. The van der Waals surface area contributed by atoms with Gasteiger partial charge in [0.2, 0.25) is 5.95 Å². The molecule has 0 amide bonds. The minimum atomic E-state index is -0.413. The molecule has 0 atom stereocenters. The largest absolute Gasteiger partial charge is 0.305 e. The molecule has 0 bridgehead atoms. The quantitative estimate of drug-likeness (QED) is 0.641. The number of pyridine rings is 1. The van der Waals surface area contributed by atoms with Gasteiger partial charge in [0.15, 0.2) is 12.6 Å². The van der Waals surface area contributed by atoms with Crippen LogP contribution >= 0.6 is 0 Å². The van der Waals surface area contributed by atoms with Crippen molar-refractivity contribution in [3.8, 4) is 0 Å². The average molecular weight is 288 g/mol. The highest BCUT2D eigenvalue weighted by Gasteiger charge is 1.96. The molecule has 0 saturated heterocycles. The Bertz CT molecular complexity index is 573. The SMILES string of the molecule is CN(C)Cc1ccnc(F)c1.O=Cc1ccccc1C=O. The third-order valence-electron chi connectivity index (χ3n) is 2.54. The van der Waals surface area contributed by atoms with Crippen LogP contribution in [-0.4, -0.2) is 36.6 Å². The van der Waals surface area contributed by atoms with Crippen molar-refractivity contribution in [2.24, 2.45) is 0 Å². The van der Waals surface area contributed by atoms with Crippen molar-refractivity contribution in [3.05, 3.63) is 65.2 Å². The molecule has 1 heterocycles. The number of benzene rings is 1. The molecule has 0 spiro atoms. The second-order valence-corrected chi connectivity index (χ2v) is 4.59. The fraction of sp³-hybridized carbons (Fsp3) is 0.188. The lowest BCUT2D eigenvalue weighted by Gasteiger charge is -2.08. The lowest BCUT2D eigenvalue weighted by molar-refractivity contribution is 0.109. The number of halogens is 1. The van der Waals surface area contributed by atoms with Crippen LogP contribution in [0.1, 0.15) is 26.3 Å². The van der Waals surface area contributed by atoms with Crippen molar-refractivity contribution >= 4 is 12.6 Å². The van der Waals surface area contributed by atoms with E-state index >= 15 is 0 Å². The summed E-state index contributed by atoms with van der Waals surface area (Å²) in [5.74, 6) is -0.413. The van der Waals surface area contributed by atoms with E-state index in [0.29, 0.717) is 23.7 Å². The Labute approximate surface area is 123 Å². The van der Waals surface area contributed by atoms with Gasteiger partial charge in [0.1, 0.15) is 0 Å². The Balaban J connectivity index is 0.000000211. The van der Waals surface area contributed by atoms with Crippen molar-refractivity contribution in [3.63, 3.8) is 0 Å². The summed E-state index contributed by atoms with van der Waals surface area (Å²) in [4.78, 5) is 25.9. The number of rotatable bonds is 4. The highest BCUT2D eigenvalue weighted by molar-refractivity contribution is 5.89. The lowest BCUT2D eigenvalue weighted by atomic mass is 10.1. The van der Waals surface area contributed by atoms with Gasteiger partial charge in [-0.05, 0) is 31.8 Å². The topological polar surface area (TPSA) is 50.3 Å². The third kappa shape index (κ3) is 6.05. The monoisotopic (exact) mass is 288 g/mol. The molecule has 1 aromatic heterocycles. The maximum atomic E-state index is 12.5. The van der Waals surface area contributed by atoms with Crippen LogP contribution in [0.5, 0.6) is 0 Å². The molecular formula is C16H17FN2O2. The van der Waals surface area contributed by atoms with E-state index in [1.165, 1.54) is 12.3 Å². The van der Waals surface area contributed by atoms with Gasteiger partial charge in [-0.3, -0.25) is 9.59 Å². The van der Waals surface area contributed by atoms with Crippen LogP contribution in [0, 0.1) is 5.95 Å². The highest BCUT2D eigenvalue weighted by atomic mass is 19.1. The summed E-state index contributed by atoms with van der Waals surface area (Å²) in [6.45, 7) is 0.749. The van der Waals surface area contributed by atoms with Gasteiger partial charge in [0.25, 0.3) is 0 Å². The second kappa shape index (κ2) is 8.71. The molecule has 1 aromatic carbocycles. The smallest absolute Gasteiger partial charge is 0.213 e. The number of aldehydes is 2. The van der Waals surface area contributed by atoms with Crippen molar-refractivity contribution in [2.75, 3.05) is 14.1 Å². The van der Waals surface area contributed by atoms with Crippen molar-refractivity contribution in [1.29, 1.82) is 0 Å². The fourth-order valence-corrected chi connectivity index (χ4v) is 1.63. The molecule has 0 N–H and O–H groups in total. The number of carbonyl (C=O) groups excluding carboxylic acids is 2. The molecular weight excluding hydrogens is 271 g/mol. The summed E-state index contributed by atoms with van der Waals surface area (Å²) in [7, 11) is 3.89. The third-order valence-corrected chi connectivity index (χ3v) is 2.54. The number of hydrogen-bond donors (Lipinski definition) is 0. The molecule has 2 rings (SSSR count). The van der Waals surface area contributed by atoms with Crippen LogP contribution in [0.15, 0.2) is 42.6 Å². The molecule has 0 aliphatic heterocycles. The maximum absolute atomic E-state index is 12.5. The first-order valence-electron chi connectivity index (χ1n) is 6.31. The van der Waals surface area contributed by atoms with Gasteiger partial charge in [0.05, 0.1) is 0 Å². The van der Waals surface area contributed by atoms with Crippen LogP contribution in [0.4, 0.5) is 4.39 Å². The zero-order chi connectivity index (χ0) is 15.7. The van der Waals surface area contributed by atoms with E-state index < -0.39 is 5.95 Å². The summed E-state index contributed by atoms with van der Waals surface area (Å²) in [6.07, 6.45) is 2.82. The van der Waals surface area contributed by atoms with Gasteiger partial charge in [-0.1, -0.05) is 24.3 Å². The Morgan fingerprint density at radius 2 is 1.67 bits per heavy atom. The van der Waals surface area contributed by atoms with Gasteiger partial charge in [0, 0.05) is 23.9 Å². The first-order valence-corrected chi connectivity index (χ1v) is 6.31. The van der Waals surface area contributed by atoms with Crippen molar-refractivity contribution < 1.29 is 14.0 Å². The van der Waals surface area contributed by atoms with Crippen LogP contribution in [-0.2, 0) is 6.54 Å². The fourth-order valence-electron chi connectivity index (χ4n) is 1.63. The predicted molar refractivity (Wildman–Crippen MR) is 78.8 cm³/mol. The summed E-state index contributed by atoms with van der Waals surface area (Å²) >= 11 is 0. The summed E-state index contributed by atoms with van der Waals surface area (Å²) in [5.41, 5.74) is 1.83. The molecule has 0 unspecified atom stereocenters. The van der Waals surface area contributed by atoms with Crippen molar-refractivity contribution in [2.45, 2.75) is 6.54 Å². The van der Waals surface area contributed by atoms with Gasteiger partial charge in [-0.15, -0.1) is 0 Å². The molecule has 0 saturated carbocycles. The van der Waals surface area contributed by atoms with Crippen LogP contribution in [0.2, 0.25) is 0 Å². The van der Waals surface area contributed by atoms with Gasteiger partial charge in [-0.25, -0.2) is 4.98 Å². The summed E-state index contributed by atoms with van der Waals surface area (Å²) in [6, 6.07) is 9.91. The molecule has 0 fully saturated rings. The molecule has 0 aliphatic rings. The summed E-state index contributed by atoms with van der Waals surface area (Å²) in [5, 5.41) is 0. The number of hydrogen-bond acceptors (Lipinski definition) is 4. The van der Waals surface area contributed by atoms with Crippen LogP contribution < -0.4 is 0 Å². The molecule has 5 heteroatoms. The van der Waals surface area contributed by atoms with Crippen LogP contribution in [0.3, 0.4) is 0 Å². The molecule has 4 nitrogen and oxygen atoms in total. The van der Waals surface area contributed by atoms with Crippen molar-refractivity contribution in [1.82, 2.24) is 9.88 Å². The van der Waals surface area contributed by atoms with Gasteiger partial charge >= 0.3 is 0 Å². The van der Waals surface area contributed by atoms with E-state index in [2.05, 4.69) is 4.98 Å². The first kappa shape index (κ1) is 16.7. The Morgan fingerprint density at radius 3 is 2.10 bits per heavy atom. The normalized spacial score (nSPS) is 9.71. The molecule has 110 valence electrons. The van der Waals surface area contributed by atoms with Gasteiger partial charge in [-0.2, -0.15) is 4.39 Å². The Kier molecular flexibility index (Phi) is 6.91. The number of nitrogens with zero attached hydrogens (tertiary/aromatic N) is 2. The summed E-state index contributed by atoms with van der Waals surface area (Å²) < 4.78 is 12.5. The molecule has 21 heavy (non-hydrogen) atoms. The second-order valence-electron chi connectivity index (χ2n) is 4.59. The predicted octanol–water partition coefficient (Wildman–Crippen LogP) is 2.59. The minimum absolute atomic E-state index is 0.413. The van der Waals surface area contributed by atoms with E-state index in [0.717, 1.165) is 12.1 Å². The lowest BCUT2D eigenvalue weighted by Crippen LogP contribution is -2.10. The molecule has 0 radical (unpaired) electrons. The van der Waals surface area contributed by atoms with E-state index in [1.54, 1.807) is 24.3 Å². The zero-order valence-corrected chi connectivity index (χ0v) is 12.0. The number of carbonyl (C=O) groups is 2. The standard InChI is InChI=1S/C8H11FN2.C8H6O2/c1-11(2)6-7-3-4-10-8(9)5-7;9-5-7-3-1-2-4-8(7)6-10/h3-5H,6H2,1-2H3;1-6H. The first-order chi connectivity index (χ1) is 10.1. The maximum Gasteiger partial charge on any atom is 0.213 e. The molecule has 0 aliphatic carbocycles. The Morgan fingerprint density at radius 1 is 1.10 bits per heavy atom. The average Bonchev–Trinajstić information content (AvgIpc) is 2.47. The van der Waals surface area contributed by atoms with E-state index in [9.17, 15) is 14.0 Å².